The average molecular weight is 557 g/mol. The highest BCUT2D eigenvalue weighted by Gasteiger charge is 2.59. The summed E-state index contributed by atoms with van der Waals surface area (Å²) in [6.07, 6.45) is 0.325. The molecule has 0 saturated carbocycles. The van der Waals surface area contributed by atoms with Gasteiger partial charge in [0, 0.05) is 34.2 Å². The molecule has 1 fully saturated rings. The largest absolute Gasteiger partial charge is 0.496 e. The van der Waals surface area contributed by atoms with E-state index in [2.05, 4.69) is 0 Å². The zero-order valence-corrected chi connectivity index (χ0v) is 24.3. The summed E-state index contributed by atoms with van der Waals surface area (Å²) in [5.41, 5.74) is 3.46. The van der Waals surface area contributed by atoms with Crippen LogP contribution in [0.4, 0.5) is 0 Å². The molecule has 0 spiro atoms. The molecule has 0 aromatic heterocycles. The van der Waals surface area contributed by atoms with Crippen LogP contribution in [0.25, 0.3) is 0 Å². The Hall–Kier alpha value is -3.70. The monoisotopic (exact) mass is 556 g/mol. The van der Waals surface area contributed by atoms with Crippen molar-refractivity contribution in [2.45, 2.75) is 44.4 Å². The Morgan fingerprint density at radius 3 is 1.73 bits per heavy atom. The lowest BCUT2D eigenvalue weighted by Gasteiger charge is -2.56. The van der Waals surface area contributed by atoms with Crippen LogP contribution < -0.4 is 28.4 Å². The van der Waals surface area contributed by atoms with Gasteiger partial charge in [-0.25, -0.2) is 0 Å². The van der Waals surface area contributed by atoms with Crippen molar-refractivity contribution in [2.24, 2.45) is 0 Å². The van der Waals surface area contributed by atoms with Crippen LogP contribution in [-0.2, 0) is 11.2 Å². The number of ketones is 1. The predicted octanol–water partition coefficient (Wildman–Crippen LogP) is 2.39. The third-order valence-corrected chi connectivity index (χ3v) is 8.70. The number of amides is 1. The van der Waals surface area contributed by atoms with Crippen molar-refractivity contribution in [3.8, 4) is 34.5 Å². The fraction of sp³-hybridized carbons (Fsp3) is 0.517. The summed E-state index contributed by atoms with van der Waals surface area (Å²) in [5.74, 6) is 1.94. The van der Waals surface area contributed by atoms with Crippen molar-refractivity contribution < 1.29 is 43.1 Å². The highest BCUT2D eigenvalue weighted by molar-refractivity contribution is 6.10. The lowest BCUT2D eigenvalue weighted by Crippen LogP contribution is -2.68. The smallest absolute Gasteiger partial charge is 0.241 e. The molecule has 0 radical (unpaired) electrons. The highest BCUT2D eigenvalue weighted by atomic mass is 16.5. The highest BCUT2D eigenvalue weighted by Crippen LogP contribution is 2.58. The van der Waals surface area contributed by atoms with E-state index in [1.54, 1.807) is 28.3 Å². The second-order valence-electron chi connectivity index (χ2n) is 10.2. The number of methoxy groups -OCH3 is 6. The Balaban J connectivity index is 1.88. The van der Waals surface area contributed by atoms with Crippen LogP contribution in [0.3, 0.4) is 0 Å². The number of piperazine rings is 1. The Bertz CT molecular complexity index is 1410. The molecule has 3 aliphatic heterocycles. The summed E-state index contributed by atoms with van der Waals surface area (Å²) in [6.45, 7) is 3.21. The number of likely N-dealkylation sites (N-methyl/N-ethyl adjacent to an activating group) is 1. The maximum absolute atomic E-state index is 14.7. The number of carbonyl (C=O) groups excluding carboxylic acids is 2. The SMILES string of the molecule is COc1c(C)c(OC)c(OC)c2c1C[C@H]1C(=O)N3C(C(=O)c4c(OC)c(C)c(OC)c(OC)c4[C@@H]3CO)C2N1C. The molecule has 3 aliphatic rings. The molecule has 1 N–H and O–H groups in total. The van der Waals surface area contributed by atoms with E-state index in [-0.39, 0.29) is 23.0 Å². The molecule has 216 valence electrons. The van der Waals surface area contributed by atoms with E-state index in [0.717, 1.165) is 11.1 Å². The second kappa shape index (κ2) is 10.0. The third-order valence-electron chi connectivity index (χ3n) is 8.70. The summed E-state index contributed by atoms with van der Waals surface area (Å²) in [5, 5.41) is 10.8. The van der Waals surface area contributed by atoms with Crippen molar-refractivity contribution >= 4 is 11.7 Å². The van der Waals surface area contributed by atoms with Gasteiger partial charge in [0.15, 0.2) is 28.8 Å². The van der Waals surface area contributed by atoms with Gasteiger partial charge in [-0.05, 0) is 20.9 Å². The molecule has 40 heavy (non-hydrogen) atoms. The predicted molar refractivity (Wildman–Crippen MR) is 144 cm³/mol. The topological polar surface area (TPSA) is 116 Å². The van der Waals surface area contributed by atoms with Crippen LogP contribution in [0.5, 0.6) is 34.5 Å². The van der Waals surface area contributed by atoms with Crippen molar-refractivity contribution in [3.05, 3.63) is 33.4 Å². The molecule has 4 atom stereocenters. The quantitative estimate of drug-likeness (QED) is 0.545. The van der Waals surface area contributed by atoms with Crippen LogP contribution in [0, 0.1) is 13.8 Å². The maximum atomic E-state index is 14.7. The summed E-state index contributed by atoms with van der Waals surface area (Å²) < 4.78 is 34.7. The van der Waals surface area contributed by atoms with E-state index in [9.17, 15) is 14.7 Å². The van der Waals surface area contributed by atoms with E-state index in [1.807, 2.05) is 18.9 Å². The maximum Gasteiger partial charge on any atom is 0.241 e. The number of rotatable bonds is 7. The molecule has 3 heterocycles. The summed E-state index contributed by atoms with van der Waals surface area (Å²) in [4.78, 5) is 32.4. The molecule has 1 saturated heterocycles. The number of nitrogens with zero attached hydrogens (tertiary/aromatic N) is 2. The van der Waals surface area contributed by atoms with Gasteiger partial charge in [0.1, 0.15) is 17.5 Å². The minimum atomic E-state index is -1.00. The van der Waals surface area contributed by atoms with Crippen LogP contribution in [-0.4, -0.2) is 95.0 Å². The van der Waals surface area contributed by atoms with Gasteiger partial charge in [-0.15, -0.1) is 0 Å². The van der Waals surface area contributed by atoms with Gasteiger partial charge >= 0.3 is 0 Å². The normalized spacial score (nSPS) is 23.2. The number of hydrogen-bond acceptors (Lipinski definition) is 10. The van der Waals surface area contributed by atoms with Crippen molar-refractivity contribution in [1.29, 1.82) is 0 Å². The molecule has 2 bridgehead atoms. The molecule has 11 nitrogen and oxygen atoms in total. The van der Waals surface area contributed by atoms with Gasteiger partial charge in [-0.1, -0.05) is 0 Å². The van der Waals surface area contributed by atoms with Gasteiger partial charge < -0.3 is 38.4 Å². The first kappa shape index (κ1) is 27.9. The van der Waals surface area contributed by atoms with Crippen LogP contribution in [0.1, 0.15) is 50.3 Å². The van der Waals surface area contributed by atoms with Gasteiger partial charge in [0.25, 0.3) is 0 Å². The van der Waals surface area contributed by atoms with Gasteiger partial charge in [0.05, 0.1) is 73.0 Å². The number of aliphatic hydroxyl groups excluding tert-OH is 1. The first-order valence-corrected chi connectivity index (χ1v) is 13.0. The van der Waals surface area contributed by atoms with Crippen molar-refractivity contribution in [2.75, 3.05) is 56.3 Å². The molecule has 5 rings (SSSR count). The van der Waals surface area contributed by atoms with E-state index >= 15 is 0 Å². The number of benzene rings is 2. The number of carbonyl (C=O) groups is 2. The molecule has 0 aliphatic carbocycles. The van der Waals surface area contributed by atoms with Gasteiger partial charge in [-0.2, -0.15) is 0 Å². The Morgan fingerprint density at radius 1 is 0.725 bits per heavy atom. The van der Waals surface area contributed by atoms with Crippen LogP contribution in [0.15, 0.2) is 0 Å². The molecule has 2 aromatic carbocycles. The summed E-state index contributed by atoms with van der Waals surface area (Å²) in [6, 6.07) is -3.12. The van der Waals surface area contributed by atoms with Gasteiger partial charge in [-0.3, -0.25) is 14.5 Å². The zero-order valence-electron chi connectivity index (χ0n) is 24.3. The lowest BCUT2D eigenvalue weighted by atomic mass is 9.72. The number of Topliss-reactive ketones (excluding diaryl/α,β-unsaturated/α-hetero) is 1. The van der Waals surface area contributed by atoms with Crippen molar-refractivity contribution in [1.82, 2.24) is 9.80 Å². The minimum absolute atomic E-state index is 0.259. The summed E-state index contributed by atoms with van der Waals surface area (Å²) >= 11 is 0. The molecule has 2 aromatic rings. The number of hydrogen-bond donors (Lipinski definition) is 1. The second-order valence-corrected chi connectivity index (χ2v) is 10.2. The Morgan fingerprint density at radius 2 is 1.23 bits per heavy atom. The Labute approximate surface area is 233 Å². The van der Waals surface area contributed by atoms with Crippen molar-refractivity contribution in [3.63, 3.8) is 0 Å². The molecule has 2 unspecified atom stereocenters. The number of ether oxygens (including phenoxy) is 6. The van der Waals surface area contributed by atoms with E-state index in [1.165, 1.54) is 26.2 Å². The molecule has 11 heteroatoms. The first-order chi connectivity index (χ1) is 19.2. The summed E-state index contributed by atoms with van der Waals surface area (Å²) in [7, 11) is 11.0. The minimum Gasteiger partial charge on any atom is -0.496 e. The van der Waals surface area contributed by atoms with E-state index in [4.69, 9.17) is 28.4 Å². The number of aliphatic hydroxyl groups is 1. The Kier molecular flexibility index (Phi) is 6.99. The van der Waals surface area contributed by atoms with Crippen LogP contribution in [0.2, 0.25) is 0 Å². The third kappa shape index (κ3) is 3.37. The zero-order chi connectivity index (χ0) is 29.2. The molecule has 1 amide bonds. The standard InChI is InChI=1S/C29H36N2O9/c1-12-23(35-4)14-10-15-29(34)31-16(11-32)18-19(24(36-5)13(2)26(38-7)28(18)40-9)22(33)21(31)20(30(15)3)17(14)27(39-8)25(12)37-6/h15-16,20-21,32H,10-11H2,1-9H3/t15-,16-,20?,21?/m0/s1. The van der Waals surface area contributed by atoms with E-state index < -0.39 is 30.8 Å². The first-order valence-electron chi connectivity index (χ1n) is 13.0. The lowest BCUT2D eigenvalue weighted by molar-refractivity contribution is -0.155. The molecular weight excluding hydrogens is 520 g/mol. The fourth-order valence-electron chi connectivity index (χ4n) is 7.13. The fourth-order valence-corrected chi connectivity index (χ4v) is 7.13. The van der Waals surface area contributed by atoms with Crippen LogP contribution >= 0.6 is 0 Å². The number of fused-ring (bicyclic) bond motifs is 7. The van der Waals surface area contributed by atoms with E-state index in [0.29, 0.717) is 51.9 Å². The average Bonchev–Trinajstić information content (AvgIpc) is 2.95. The molecular formula is C29H36N2O9. The van der Waals surface area contributed by atoms with Gasteiger partial charge in [0.2, 0.25) is 5.91 Å².